The lowest BCUT2D eigenvalue weighted by Gasteiger charge is -2.17. The Balaban J connectivity index is 3.58. The van der Waals surface area contributed by atoms with Gasteiger partial charge in [-0.05, 0) is 12.8 Å². The Bertz CT molecular complexity index is 643. The van der Waals surface area contributed by atoms with Gasteiger partial charge in [0.2, 0.25) is 0 Å². The molecule has 2 unspecified atom stereocenters. The Morgan fingerprint density at radius 1 is 0.404 bits per heavy atom. The molecule has 6 heteroatoms. The summed E-state index contributed by atoms with van der Waals surface area (Å²) in [6, 6.07) is 0. The molecule has 280 valence electrons. The summed E-state index contributed by atoms with van der Waals surface area (Å²) in [7, 11) is 2.19. The first-order valence-electron chi connectivity index (χ1n) is 20.8. The zero-order valence-electron chi connectivity index (χ0n) is 31.7. The van der Waals surface area contributed by atoms with Gasteiger partial charge in [0.1, 0.15) is 6.61 Å². The van der Waals surface area contributed by atoms with E-state index >= 15 is 0 Å². The van der Waals surface area contributed by atoms with E-state index in [1.807, 2.05) is 0 Å². The molecule has 0 aliphatic heterocycles. The van der Waals surface area contributed by atoms with Crippen molar-refractivity contribution in [3.05, 3.63) is 0 Å². The summed E-state index contributed by atoms with van der Waals surface area (Å²) in [4.78, 5) is 24.5. The summed E-state index contributed by atoms with van der Waals surface area (Å²) in [5, 5.41) is 0. The van der Waals surface area contributed by atoms with Gasteiger partial charge in [-0.2, -0.15) is 0 Å². The van der Waals surface area contributed by atoms with Crippen LogP contribution in [-0.4, -0.2) is 31.3 Å². The maximum absolute atomic E-state index is 12.3. The predicted molar refractivity (Wildman–Crippen MR) is 205 cm³/mol. The summed E-state index contributed by atoms with van der Waals surface area (Å²) < 4.78 is 16.1. The number of carbonyl (C=O) groups is 2. The fourth-order valence-corrected chi connectivity index (χ4v) is 6.58. The molecule has 0 aromatic carbocycles. The minimum atomic E-state index is -0.546. The van der Waals surface area contributed by atoms with Crippen molar-refractivity contribution >= 4 is 21.4 Å². The molecule has 0 rings (SSSR count). The van der Waals surface area contributed by atoms with Gasteiger partial charge in [0.05, 0.1) is 6.61 Å². The van der Waals surface area contributed by atoms with E-state index in [0.29, 0.717) is 12.8 Å². The molecule has 0 saturated carbocycles. The second kappa shape index (κ2) is 39.8. The van der Waals surface area contributed by atoms with Gasteiger partial charge >= 0.3 is 11.9 Å². The van der Waals surface area contributed by atoms with Crippen LogP contribution in [0.5, 0.6) is 0 Å². The minimum absolute atomic E-state index is 0.0663. The van der Waals surface area contributed by atoms with Crippen molar-refractivity contribution in [3.63, 3.8) is 0 Å². The summed E-state index contributed by atoms with van der Waals surface area (Å²) in [6.07, 6.45) is 42.3. The van der Waals surface area contributed by atoms with E-state index in [2.05, 4.69) is 23.3 Å². The molecule has 0 radical (unpaired) electrons. The van der Waals surface area contributed by atoms with Crippen LogP contribution in [0.2, 0.25) is 0 Å². The first-order valence-corrected chi connectivity index (χ1v) is 21.3. The van der Waals surface area contributed by atoms with Crippen LogP contribution in [0.15, 0.2) is 0 Å². The maximum atomic E-state index is 12.3. The average molecular weight is 685 g/mol. The largest absolute Gasteiger partial charge is 0.462 e. The Kier molecular flexibility index (Phi) is 39.2. The second-order valence-corrected chi connectivity index (χ2v) is 14.6. The Morgan fingerprint density at radius 3 is 0.979 bits per heavy atom. The molecule has 0 aromatic rings. The van der Waals surface area contributed by atoms with Crippen LogP contribution < -0.4 is 0 Å². The van der Waals surface area contributed by atoms with E-state index in [1.165, 1.54) is 180 Å². The summed E-state index contributed by atoms with van der Waals surface area (Å²) in [5.74, 6) is -0.436. The molecule has 0 bridgehead atoms. The molecule has 0 aromatic heterocycles. The molecule has 47 heavy (non-hydrogen) atoms. The molecule has 0 amide bonds. The van der Waals surface area contributed by atoms with Crippen LogP contribution in [0.25, 0.3) is 0 Å². The molecule has 0 spiro atoms. The first-order chi connectivity index (χ1) is 23.1. The molecule has 0 aliphatic rings. The number of rotatable bonds is 39. The van der Waals surface area contributed by atoms with Crippen molar-refractivity contribution in [2.75, 3.05) is 13.2 Å². The second-order valence-electron chi connectivity index (χ2n) is 14.2. The standard InChI is InChI=1S/C41H81O5P/c1-3-5-7-9-11-13-15-17-19-21-23-25-27-29-31-33-35-40(42)44-37-39(38-45-47)46-41(43)36-34-32-30-28-26-24-22-20-18-16-14-12-10-8-6-4-2/h39H,3-38,47H2,1-2H3. The number of ether oxygens (including phenoxy) is 2. The van der Waals surface area contributed by atoms with Gasteiger partial charge in [0.25, 0.3) is 0 Å². The third-order valence-corrected chi connectivity index (χ3v) is 9.67. The van der Waals surface area contributed by atoms with Crippen molar-refractivity contribution in [2.45, 2.75) is 238 Å². The van der Waals surface area contributed by atoms with E-state index < -0.39 is 6.10 Å². The summed E-state index contributed by atoms with van der Waals surface area (Å²) >= 11 is 0. The molecular weight excluding hydrogens is 603 g/mol. The Labute approximate surface area is 295 Å². The van der Waals surface area contributed by atoms with Gasteiger partial charge in [-0.25, -0.2) is 0 Å². The molecule has 2 atom stereocenters. The zero-order valence-corrected chi connectivity index (χ0v) is 32.8. The Hall–Kier alpha value is -0.670. The minimum Gasteiger partial charge on any atom is -0.462 e. The van der Waals surface area contributed by atoms with Crippen LogP contribution in [0.3, 0.4) is 0 Å². The quantitative estimate of drug-likeness (QED) is 0.0366. The normalized spacial score (nSPS) is 12.0. The van der Waals surface area contributed by atoms with Gasteiger partial charge in [0.15, 0.2) is 6.10 Å². The maximum Gasteiger partial charge on any atom is 0.306 e. The SMILES string of the molecule is CCCCCCCCCCCCCCCCCCC(=O)OCC(COP)OC(=O)CCCCCCCCCCCCCCCCCC. The van der Waals surface area contributed by atoms with Crippen LogP contribution in [0.1, 0.15) is 232 Å². The van der Waals surface area contributed by atoms with Gasteiger partial charge in [-0.15, -0.1) is 0 Å². The monoisotopic (exact) mass is 685 g/mol. The number of hydrogen-bond donors (Lipinski definition) is 0. The van der Waals surface area contributed by atoms with Crippen molar-refractivity contribution in [3.8, 4) is 0 Å². The van der Waals surface area contributed by atoms with E-state index in [-0.39, 0.29) is 25.2 Å². The van der Waals surface area contributed by atoms with E-state index in [9.17, 15) is 9.59 Å². The van der Waals surface area contributed by atoms with E-state index in [1.54, 1.807) is 0 Å². The Morgan fingerprint density at radius 2 is 0.681 bits per heavy atom. The predicted octanol–water partition coefficient (Wildman–Crippen LogP) is 13.6. The highest BCUT2D eigenvalue weighted by atomic mass is 31.0. The number of hydrogen-bond acceptors (Lipinski definition) is 5. The van der Waals surface area contributed by atoms with Gasteiger partial charge < -0.3 is 14.0 Å². The fraction of sp³-hybridized carbons (Fsp3) is 0.951. The van der Waals surface area contributed by atoms with Crippen LogP contribution >= 0.6 is 9.47 Å². The lowest BCUT2D eigenvalue weighted by Crippen LogP contribution is -2.28. The van der Waals surface area contributed by atoms with Crippen LogP contribution in [0.4, 0.5) is 0 Å². The first kappa shape index (κ1) is 46.3. The third-order valence-electron chi connectivity index (χ3n) is 9.48. The van der Waals surface area contributed by atoms with Crippen LogP contribution in [-0.2, 0) is 23.6 Å². The molecule has 0 saturated heterocycles. The average Bonchev–Trinajstić information content (AvgIpc) is 3.07. The van der Waals surface area contributed by atoms with E-state index in [4.69, 9.17) is 14.0 Å². The number of esters is 2. The smallest absolute Gasteiger partial charge is 0.306 e. The van der Waals surface area contributed by atoms with Crippen LogP contribution in [0, 0.1) is 0 Å². The molecule has 0 N–H and O–H groups in total. The van der Waals surface area contributed by atoms with Crippen molar-refractivity contribution < 1.29 is 23.6 Å². The molecule has 0 fully saturated rings. The highest BCUT2D eigenvalue weighted by molar-refractivity contribution is 7.09. The summed E-state index contributed by atoms with van der Waals surface area (Å²) in [5.41, 5.74) is 0. The lowest BCUT2D eigenvalue weighted by atomic mass is 10.0. The van der Waals surface area contributed by atoms with Crippen molar-refractivity contribution in [2.24, 2.45) is 0 Å². The highest BCUT2D eigenvalue weighted by Crippen LogP contribution is 2.16. The number of unbranched alkanes of at least 4 members (excludes halogenated alkanes) is 30. The van der Waals surface area contributed by atoms with Gasteiger partial charge in [-0.1, -0.05) is 206 Å². The van der Waals surface area contributed by atoms with Crippen molar-refractivity contribution in [1.82, 2.24) is 0 Å². The van der Waals surface area contributed by atoms with Crippen molar-refractivity contribution in [1.29, 1.82) is 0 Å². The number of carbonyl (C=O) groups excluding carboxylic acids is 2. The van der Waals surface area contributed by atoms with Gasteiger partial charge in [-0.3, -0.25) is 9.59 Å². The molecular formula is C41H81O5P. The lowest BCUT2D eigenvalue weighted by molar-refractivity contribution is -0.160. The highest BCUT2D eigenvalue weighted by Gasteiger charge is 2.17. The fourth-order valence-electron chi connectivity index (χ4n) is 6.36. The zero-order chi connectivity index (χ0) is 34.3. The summed E-state index contributed by atoms with van der Waals surface area (Å²) in [6.45, 7) is 4.83. The molecule has 0 heterocycles. The van der Waals surface area contributed by atoms with E-state index in [0.717, 1.165) is 25.7 Å². The third kappa shape index (κ3) is 38.0. The van der Waals surface area contributed by atoms with Gasteiger partial charge in [0, 0.05) is 22.3 Å². The topological polar surface area (TPSA) is 61.8 Å². The molecule has 5 nitrogen and oxygen atoms in total. The molecule has 0 aliphatic carbocycles.